The Kier molecular flexibility index (Phi) is 6.17. The van der Waals surface area contributed by atoms with Crippen LogP contribution in [-0.2, 0) is 16.7 Å². The molecule has 0 aliphatic rings. The number of nitrogens with zero attached hydrogens (tertiary/aromatic N) is 1. The van der Waals surface area contributed by atoms with Gasteiger partial charge >= 0.3 is 12.1 Å². The van der Waals surface area contributed by atoms with Gasteiger partial charge in [0.1, 0.15) is 5.60 Å². The lowest BCUT2D eigenvalue weighted by Crippen LogP contribution is -2.36. The van der Waals surface area contributed by atoms with Crippen LogP contribution in [0.25, 0.3) is 0 Å². The fraction of sp³-hybridized carbons (Fsp3) is 0.391. The molecule has 0 spiro atoms. The summed E-state index contributed by atoms with van der Waals surface area (Å²) in [6, 6.07) is 14.3. The predicted octanol–water partition coefficient (Wildman–Crippen LogP) is 5.62. The Morgan fingerprint density at radius 2 is 1.43 bits per heavy atom. The van der Waals surface area contributed by atoms with Crippen molar-refractivity contribution in [2.75, 3.05) is 4.90 Å². The van der Waals surface area contributed by atoms with Gasteiger partial charge in [-0.15, -0.1) is 0 Å². The second-order valence-corrected chi connectivity index (χ2v) is 8.87. The van der Waals surface area contributed by atoms with E-state index >= 15 is 0 Å². The summed E-state index contributed by atoms with van der Waals surface area (Å²) < 4.78 is 5.58. The zero-order valence-electron chi connectivity index (χ0n) is 17.4. The summed E-state index contributed by atoms with van der Waals surface area (Å²) in [6.07, 6.45) is -0.446. The molecule has 0 radical (unpaired) electrons. The molecule has 28 heavy (non-hydrogen) atoms. The number of carbonyl (C=O) groups excluding carboxylic acids is 1. The molecule has 5 heteroatoms. The maximum Gasteiger partial charge on any atom is 0.415 e. The van der Waals surface area contributed by atoms with E-state index in [4.69, 9.17) is 9.84 Å². The van der Waals surface area contributed by atoms with E-state index in [0.717, 1.165) is 11.3 Å². The van der Waals surface area contributed by atoms with Crippen LogP contribution in [0.1, 0.15) is 63.0 Å². The quantitative estimate of drug-likeness (QED) is 0.744. The van der Waals surface area contributed by atoms with Crippen molar-refractivity contribution in [1.82, 2.24) is 0 Å². The van der Waals surface area contributed by atoms with Gasteiger partial charge in [-0.25, -0.2) is 9.59 Å². The van der Waals surface area contributed by atoms with E-state index in [-0.39, 0.29) is 17.5 Å². The Balaban J connectivity index is 2.33. The molecule has 0 aliphatic carbocycles. The molecule has 1 N–H and O–H groups in total. The summed E-state index contributed by atoms with van der Waals surface area (Å²) in [4.78, 5) is 25.4. The molecule has 5 nitrogen and oxygen atoms in total. The van der Waals surface area contributed by atoms with E-state index in [1.165, 1.54) is 17.7 Å². The van der Waals surface area contributed by atoms with Gasteiger partial charge in [-0.2, -0.15) is 0 Å². The Bertz CT molecular complexity index is 825. The number of benzene rings is 2. The fourth-order valence-corrected chi connectivity index (χ4v) is 2.65. The minimum Gasteiger partial charge on any atom is -0.478 e. The number of hydrogen-bond donors (Lipinski definition) is 1. The summed E-state index contributed by atoms with van der Waals surface area (Å²) in [6.45, 7) is 12.2. The largest absolute Gasteiger partial charge is 0.478 e. The standard InChI is InChI=1S/C23H29NO4/c1-22(2,3)18-11-13-19(14-12-18)24(21(27)28-23(4,5)6)15-16-7-9-17(10-8-16)20(25)26/h7-14H,15H2,1-6H3,(H,25,26). The Morgan fingerprint density at radius 3 is 1.86 bits per heavy atom. The maximum atomic E-state index is 12.8. The van der Waals surface area contributed by atoms with Gasteiger partial charge in [-0.05, 0) is 61.6 Å². The average Bonchev–Trinajstić information content (AvgIpc) is 2.58. The number of carbonyl (C=O) groups is 2. The number of amides is 1. The third-order valence-corrected chi connectivity index (χ3v) is 4.20. The molecule has 0 fully saturated rings. The topological polar surface area (TPSA) is 66.8 Å². The fourth-order valence-electron chi connectivity index (χ4n) is 2.65. The first kappa shape index (κ1) is 21.5. The van der Waals surface area contributed by atoms with Crippen LogP contribution in [0, 0.1) is 0 Å². The number of aromatic carboxylic acids is 1. The lowest BCUT2D eigenvalue weighted by molar-refractivity contribution is 0.0576. The number of ether oxygens (including phenoxy) is 1. The van der Waals surface area contributed by atoms with Gasteiger partial charge < -0.3 is 9.84 Å². The van der Waals surface area contributed by atoms with Crippen LogP contribution in [0.15, 0.2) is 48.5 Å². The van der Waals surface area contributed by atoms with Crippen LogP contribution in [0.2, 0.25) is 0 Å². The molecule has 0 heterocycles. The molecular weight excluding hydrogens is 354 g/mol. The van der Waals surface area contributed by atoms with E-state index in [1.807, 2.05) is 45.0 Å². The molecular formula is C23H29NO4. The molecule has 0 atom stereocenters. The van der Waals surface area contributed by atoms with Crippen molar-refractivity contribution in [3.8, 4) is 0 Å². The molecule has 1 amide bonds. The van der Waals surface area contributed by atoms with Gasteiger partial charge in [0.05, 0.1) is 12.1 Å². The van der Waals surface area contributed by atoms with E-state index in [2.05, 4.69) is 20.8 Å². The first-order chi connectivity index (χ1) is 12.9. The van der Waals surface area contributed by atoms with Crippen molar-refractivity contribution in [3.05, 3.63) is 65.2 Å². The first-order valence-corrected chi connectivity index (χ1v) is 9.30. The molecule has 0 bridgehead atoms. The molecule has 0 saturated carbocycles. The van der Waals surface area contributed by atoms with Gasteiger partial charge in [0.15, 0.2) is 0 Å². The zero-order valence-corrected chi connectivity index (χ0v) is 17.4. The second-order valence-electron chi connectivity index (χ2n) is 8.87. The number of carboxylic acid groups (broad SMARTS) is 1. The number of hydrogen-bond acceptors (Lipinski definition) is 3. The lowest BCUT2D eigenvalue weighted by atomic mass is 9.87. The Hall–Kier alpha value is -2.82. The van der Waals surface area contributed by atoms with E-state index in [9.17, 15) is 9.59 Å². The van der Waals surface area contributed by atoms with Crippen molar-refractivity contribution >= 4 is 17.7 Å². The number of carboxylic acids is 1. The van der Waals surface area contributed by atoms with Gasteiger partial charge in [0.25, 0.3) is 0 Å². The minimum atomic E-state index is -0.978. The molecule has 0 saturated heterocycles. The highest BCUT2D eigenvalue weighted by molar-refractivity contribution is 5.89. The van der Waals surface area contributed by atoms with Crippen LogP contribution in [0.4, 0.5) is 10.5 Å². The molecule has 2 aromatic carbocycles. The first-order valence-electron chi connectivity index (χ1n) is 9.30. The van der Waals surface area contributed by atoms with Crippen LogP contribution >= 0.6 is 0 Å². The van der Waals surface area contributed by atoms with Crippen molar-refractivity contribution in [2.24, 2.45) is 0 Å². The van der Waals surface area contributed by atoms with Crippen molar-refractivity contribution < 1.29 is 19.4 Å². The average molecular weight is 383 g/mol. The van der Waals surface area contributed by atoms with Gasteiger partial charge in [-0.1, -0.05) is 45.0 Å². The highest BCUT2D eigenvalue weighted by Crippen LogP contribution is 2.27. The predicted molar refractivity (Wildman–Crippen MR) is 111 cm³/mol. The SMILES string of the molecule is CC(C)(C)OC(=O)N(Cc1ccc(C(=O)O)cc1)c1ccc(C(C)(C)C)cc1. The summed E-state index contributed by atoms with van der Waals surface area (Å²) >= 11 is 0. The Morgan fingerprint density at radius 1 is 0.893 bits per heavy atom. The second kappa shape index (κ2) is 8.05. The van der Waals surface area contributed by atoms with Gasteiger partial charge in [0.2, 0.25) is 0 Å². The van der Waals surface area contributed by atoms with Crippen molar-refractivity contribution in [1.29, 1.82) is 0 Å². The van der Waals surface area contributed by atoms with Crippen LogP contribution in [-0.4, -0.2) is 22.8 Å². The summed E-state index contributed by atoms with van der Waals surface area (Å²) in [5, 5.41) is 9.06. The van der Waals surface area contributed by atoms with Crippen LogP contribution in [0.5, 0.6) is 0 Å². The van der Waals surface area contributed by atoms with Crippen LogP contribution < -0.4 is 4.90 Å². The normalized spacial score (nSPS) is 11.8. The Labute approximate surface area is 166 Å². The monoisotopic (exact) mass is 383 g/mol. The van der Waals surface area contributed by atoms with E-state index in [0.29, 0.717) is 0 Å². The van der Waals surface area contributed by atoms with Crippen LogP contribution in [0.3, 0.4) is 0 Å². The smallest absolute Gasteiger partial charge is 0.415 e. The zero-order chi connectivity index (χ0) is 21.1. The molecule has 0 unspecified atom stereocenters. The van der Waals surface area contributed by atoms with Crippen molar-refractivity contribution in [2.45, 2.75) is 59.1 Å². The highest BCUT2D eigenvalue weighted by Gasteiger charge is 2.24. The summed E-state index contributed by atoms with van der Waals surface area (Å²) in [7, 11) is 0. The molecule has 0 aromatic heterocycles. The molecule has 2 rings (SSSR count). The third kappa shape index (κ3) is 5.84. The maximum absolute atomic E-state index is 12.8. The van der Waals surface area contributed by atoms with E-state index in [1.54, 1.807) is 17.0 Å². The molecule has 2 aromatic rings. The van der Waals surface area contributed by atoms with Gasteiger partial charge in [-0.3, -0.25) is 4.90 Å². The molecule has 0 aliphatic heterocycles. The highest BCUT2D eigenvalue weighted by atomic mass is 16.6. The van der Waals surface area contributed by atoms with Gasteiger partial charge in [0, 0.05) is 5.69 Å². The minimum absolute atomic E-state index is 0.0158. The number of anilines is 1. The summed E-state index contributed by atoms with van der Waals surface area (Å²) in [5.41, 5.74) is 2.32. The molecule has 150 valence electrons. The summed E-state index contributed by atoms with van der Waals surface area (Å²) in [5.74, 6) is -0.978. The lowest BCUT2D eigenvalue weighted by Gasteiger charge is -2.28. The third-order valence-electron chi connectivity index (χ3n) is 4.20. The van der Waals surface area contributed by atoms with E-state index < -0.39 is 17.7 Å². The van der Waals surface area contributed by atoms with Crippen molar-refractivity contribution in [3.63, 3.8) is 0 Å². The number of rotatable bonds is 4.